The molecule has 1 N–H and O–H groups in total. The molecule has 1 heterocycles. The van der Waals surface area contributed by atoms with E-state index in [1.807, 2.05) is 0 Å². The van der Waals surface area contributed by atoms with Gasteiger partial charge in [0.2, 0.25) is 0 Å². The van der Waals surface area contributed by atoms with Crippen LogP contribution in [0.3, 0.4) is 0 Å². The number of rotatable bonds is 2. The lowest BCUT2D eigenvalue weighted by Crippen LogP contribution is -2.54. The number of nitrogens with zero attached hydrogens (tertiary/aromatic N) is 1. The molecule has 1 atom stereocenters. The third-order valence-electron chi connectivity index (χ3n) is 2.90. The van der Waals surface area contributed by atoms with Gasteiger partial charge in [-0.3, -0.25) is 4.90 Å². The zero-order valence-corrected chi connectivity index (χ0v) is 11.0. The van der Waals surface area contributed by atoms with E-state index in [-0.39, 0.29) is 6.42 Å². The van der Waals surface area contributed by atoms with Gasteiger partial charge >= 0.3 is 12.1 Å². The number of likely N-dealkylation sites (tertiary alicyclic amines) is 1. The molecular formula is C13H19NO4. The van der Waals surface area contributed by atoms with E-state index in [0.717, 1.165) is 0 Å². The SMILES string of the molecule is C#CCC1(C(=O)O)CCCN1C(=O)OC(C)(C)C. The van der Waals surface area contributed by atoms with Crippen molar-refractivity contribution in [3.05, 3.63) is 0 Å². The molecule has 1 rings (SSSR count). The number of carbonyl (C=O) groups is 2. The van der Waals surface area contributed by atoms with E-state index in [0.29, 0.717) is 19.4 Å². The van der Waals surface area contributed by atoms with Crippen molar-refractivity contribution in [2.24, 2.45) is 0 Å². The number of amides is 1. The smallest absolute Gasteiger partial charge is 0.411 e. The minimum atomic E-state index is -1.31. The van der Waals surface area contributed by atoms with Crippen LogP contribution in [0, 0.1) is 12.3 Å². The van der Waals surface area contributed by atoms with Crippen molar-refractivity contribution in [3.63, 3.8) is 0 Å². The molecule has 0 aromatic rings. The van der Waals surface area contributed by atoms with E-state index in [1.165, 1.54) is 4.90 Å². The Kier molecular flexibility index (Phi) is 3.90. The first-order valence-corrected chi connectivity index (χ1v) is 5.90. The lowest BCUT2D eigenvalue weighted by atomic mass is 9.93. The molecular weight excluding hydrogens is 234 g/mol. The summed E-state index contributed by atoms with van der Waals surface area (Å²) < 4.78 is 5.23. The summed E-state index contributed by atoms with van der Waals surface area (Å²) in [6.07, 6.45) is 5.60. The number of ether oxygens (including phenoxy) is 1. The number of carbonyl (C=O) groups excluding carboxylic acids is 1. The van der Waals surface area contributed by atoms with Crippen LogP contribution in [0.4, 0.5) is 4.79 Å². The molecule has 1 saturated heterocycles. The first-order valence-electron chi connectivity index (χ1n) is 5.90. The highest BCUT2D eigenvalue weighted by atomic mass is 16.6. The number of carboxylic acids is 1. The van der Waals surface area contributed by atoms with Crippen LogP contribution in [0.25, 0.3) is 0 Å². The predicted molar refractivity (Wildman–Crippen MR) is 66.0 cm³/mol. The molecule has 0 saturated carbocycles. The highest BCUT2D eigenvalue weighted by molar-refractivity contribution is 5.85. The minimum absolute atomic E-state index is 0.00156. The summed E-state index contributed by atoms with van der Waals surface area (Å²) in [5.74, 6) is 1.28. The number of terminal acetylenes is 1. The molecule has 5 nitrogen and oxygen atoms in total. The fraction of sp³-hybridized carbons (Fsp3) is 0.692. The van der Waals surface area contributed by atoms with Gasteiger partial charge < -0.3 is 9.84 Å². The Morgan fingerprint density at radius 3 is 2.56 bits per heavy atom. The van der Waals surface area contributed by atoms with Crippen LogP contribution in [-0.4, -0.2) is 39.8 Å². The van der Waals surface area contributed by atoms with Crippen LogP contribution < -0.4 is 0 Å². The van der Waals surface area contributed by atoms with Gasteiger partial charge in [-0.25, -0.2) is 9.59 Å². The molecule has 1 aliphatic rings. The third-order valence-corrected chi connectivity index (χ3v) is 2.90. The van der Waals surface area contributed by atoms with Gasteiger partial charge in [0.05, 0.1) is 0 Å². The number of aliphatic carboxylic acids is 1. The Morgan fingerprint density at radius 1 is 1.50 bits per heavy atom. The van der Waals surface area contributed by atoms with Gasteiger partial charge in [-0.05, 0) is 33.6 Å². The first-order chi connectivity index (χ1) is 8.23. The van der Waals surface area contributed by atoms with Crippen molar-refractivity contribution in [1.82, 2.24) is 4.90 Å². The molecule has 1 aliphatic heterocycles. The largest absolute Gasteiger partial charge is 0.479 e. The summed E-state index contributed by atoms with van der Waals surface area (Å²) in [6, 6.07) is 0. The average Bonchev–Trinajstić information content (AvgIpc) is 2.60. The maximum absolute atomic E-state index is 12.0. The Morgan fingerprint density at radius 2 is 2.11 bits per heavy atom. The zero-order valence-electron chi connectivity index (χ0n) is 11.0. The second kappa shape index (κ2) is 4.89. The summed E-state index contributed by atoms with van der Waals surface area (Å²) >= 11 is 0. The van der Waals surface area contributed by atoms with Crippen molar-refractivity contribution < 1.29 is 19.4 Å². The maximum atomic E-state index is 12.0. The van der Waals surface area contributed by atoms with Crippen LogP contribution in [0.2, 0.25) is 0 Å². The standard InChI is InChI=1S/C13H19NO4/c1-5-7-13(10(15)16)8-6-9-14(13)11(17)18-12(2,3)4/h1H,6-9H2,2-4H3,(H,15,16). The Bertz CT molecular complexity index is 391. The summed E-state index contributed by atoms with van der Waals surface area (Å²) in [5, 5.41) is 9.37. The van der Waals surface area contributed by atoms with Gasteiger partial charge in [-0.2, -0.15) is 0 Å². The quantitative estimate of drug-likeness (QED) is 0.763. The van der Waals surface area contributed by atoms with Gasteiger partial charge in [-0.15, -0.1) is 12.3 Å². The van der Waals surface area contributed by atoms with Crippen LogP contribution in [0.1, 0.15) is 40.0 Å². The summed E-state index contributed by atoms with van der Waals surface area (Å²) in [5.41, 5.74) is -1.96. The fourth-order valence-corrected chi connectivity index (χ4v) is 2.11. The molecule has 1 amide bonds. The van der Waals surface area contributed by atoms with Gasteiger partial charge in [0, 0.05) is 13.0 Å². The Hall–Kier alpha value is -1.70. The molecule has 0 spiro atoms. The van der Waals surface area contributed by atoms with Crippen molar-refractivity contribution in [1.29, 1.82) is 0 Å². The topological polar surface area (TPSA) is 66.8 Å². The van der Waals surface area contributed by atoms with Crippen molar-refractivity contribution in [2.45, 2.75) is 51.2 Å². The van der Waals surface area contributed by atoms with E-state index in [4.69, 9.17) is 11.2 Å². The monoisotopic (exact) mass is 253 g/mol. The predicted octanol–water partition coefficient (Wildman–Crippen LogP) is 1.86. The van der Waals surface area contributed by atoms with Gasteiger partial charge in [0.1, 0.15) is 5.60 Å². The van der Waals surface area contributed by atoms with Crippen molar-refractivity contribution in [3.8, 4) is 12.3 Å². The van der Waals surface area contributed by atoms with Crippen LogP contribution >= 0.6 is 0 Å². The summed E-state index contributed by atoms with van der Waals surface area (Å²) in [7, 11) is 0. The lowest BCUT2D eigenvalue weighted by Gasteiger charge is -2.34. The third kappa shape index (κ3) is 2.76. The fourth-order valence-electron chi connectivity index (χ4n) is 2.11. The van der Waals surface area contributed by atoms with E-state index in [2.05, 4.69) is 5.92 Å². The van der Waals surface area contributed by atoms with Crippen LogP contribution in [0.15, 0.2) is 0 Å². The molecule has 0 radical (unpaired) electrons. The highest BCUT2D eigenvalue weighted by Crippen LogP contribution is 2.34. The van der Waals surface area contributed by atoms with Crippen LogP contribution in [0.5, 0.6) is 0 Å². The van der Waals surface area contributed by atoms with Crippen molar-refractivity contribution in [2.75, 3.05) is 6.54 Å². The van der Waals surface area contributed by atoms with Gasteiger partial charge in [-0.1, -0.05) is 0 Å². The molecule has 5 heteroatoms. The maximum Gasteiger partial charge on any atom is 0.411 e. The second-order valence-electron chi connectivity index (χ2n) is 5.45. The summed E-state index contributed by atoms with van der Waals surface area (Å²) in [6.45, 7) is 5.59. The second-order valence-corrected chi connectivity index (χ2v) is 5.45. The molecule has 0 aromatic carbocycles. The van der Waals surface area contributed by atoms with Crippen LogP contribution in [-0.2, 0) is 9.53 Å². The van der Waals surface area contributed by atoms with E-state index < -0.39 is 23.2 Å². The van der Waals surface area contributed by atoms with E-state index >= 15 is 0 Å². The average molecular weight is 253 g/mol. The zero-order chi connectivity index (χ0) is 14.0. The molecule has 0 bridgehead atoms. The number of hydrogen-bond acceptors (Lipinski definition) is 3. The first kappa shape index (κ1) is 14.4. The van der Waals surface area contributed by atoms with E-state index in [9.17, 15) is 14.7 Å². The normalized spacial score (nSPS) is 23.6. The van der Waals surface area contributed by atoms with Gasteiger partial charge in [0.25, 0.3) is 0 Å². The molecule has 1 unspecified atom stereocenters. The molecule has 0 aliphatic carbocycles. The Labute approximate surface area is 107 Å². The molecule has 18 heavy (non-hydrogen) atoms. The number of hydrogen-bond donors (Lipinski definition) is 1. The number of carboxylic acid groups (broad SMARTS) is 1. The molecule has 1 fully saturated rings. The van der Waals surface area contributed by atoms with E-state index in [1.54, 1.807) is 20.8 Å². The Balaban J connectivity index is 2.96. The van der Waals surface area contributed by atoms with Crippen molar-refractivity contribution >= 4 is 12.1 Å². The lowest BCUT2D eigenvalue weighted by molar-refractivity contribution is -0.149. The summed E-state index contributed by atoms with van der Waals surface area (Å²) in [4.78, 5) is 24.7. The highest BCUT2D eigenvalue weighted by Gasteiger charge is 2.50. The van der Waals surface area contributed by atoms with Gasteiger partial charge in [0.15, 0.2) is 5.54 Å². The molecule has 100 valence electrons. The molecule has 0 aromatic heterocycles. The minimum Gasteiger partial charge on any atom is -0.479 e.